The fourth-order valence-electron chi connectivity index (χ4n) is 2.51. The second kappa shape index (κ2) is 4.16. The molecule has 0 saturated heterocycles. The molecule has 0 radical (unpaired) electrons. The molecule has 0 amide bonds. The van der Waals surface area contributed by atoms with Crippen molar-refractivity contribution in [3.63, 3.8) is 0 Å². The van der Waals surface area contributed by atoms with Gasteiger partial charge in [0, 0.05) is 12.5 Å². The average molecular weight is 220 g/mol. The Morgan fingerprint density at radius 1 is 1.31 bits per heavy atom. The number of phenolic OH excluding ortho intramolecular Hbond substituents is 1. The van der Waals surface area contributed by atoms with E-state index in [1.807, 2.05) is 12.1 Å². The fourth-order valence-corrected chi connectivity index (χ4v) is 2.51. The number of aromatic hydroxyl groups is 1. The third kappa shape index (κ3) is 1.90. The molecule has 1 aromatic rings. The van der Waals surface area contributed by atoms with Crippen LogP contribution < -0.4 is 0 Å². The maximum Gasteiger partial charge on any atom is 0.303 e. The summed E-state index contributed by atoms with van der Waals surface area (Å²) in [4.78, 5) is 11.2. The summed E-state index contributed by atoms with van der Waals surface area (Å²) in [5, 5.41) is 9.86. The maximum absolute atomic E-state index is 11.2. The molecule has 1 aliphatic carbocycles. The third-order valence-corrected chi connectivity index (χ3v) is 3.15. The zero-order valence-electron chi connectivity index (χ0n) is 9.40. The second-order valence-electron chi connectivity index (χ2n) is 4.31. The minimum Gasteiger partial charge on any atom is -0.508 e. The van der Waals surface area contributed by atoms with Gasteiger partial charge in [0.1, 0.15) is 11.4 Å². The van der Waals surface area contributed by atoms with Gasteiger partial charge in [-0.3, -0.25) is 4.79 Å². The number of hydrogen-bond acceptors (Lipinski definition) is 3. The predicted octanol–water partition coefficient (Wildman–Crippen LogP) is 2.72. The summed E-state index contributed by atoms with van der Waals surface area (Å²) in [7, 11) is 0. The van der Waals surface area contributed by atoms with Crippen LogP contribution in [0.2, 0.25) is 0 Å². The van der Waals surface area contributed by atoms with Gasteiger partial charge in [0.25, 0.3) is 0 Å². The van der Waals surface area contributed by atoms with Crippen LogP contribution in [0.4, 0.5) is 0 Å². The van der Waals surface area contributed by atoms with Crippen LogP contribution in [-0.2, 0) is 15.1 Å². The molecule has 0 atom stereocenters. The number of hydrogen-bond donors (Lipinski definition) is 1. The van der Waals surface area contributed by atoms with Crippen LogP contribution in [0.1, 0.15) is 38.2 Å². The molecule has 0 aromatic heterocycles. The van der Waals surface area contributed by atoms with Crippen molar-refractivity contribution in [3.8, 4) is 5.75 Å². The summed E-state index contributed by atoms with van der Waals surface area (Å²) in [5.41, 5.74) is 0.139. The lowest BCUT2D eigenvalue weighted by Gasteiger charge is -2.29. The summed E-state index contributed by atoms with van der Waals surface area (Å²) in [6, 6.07) is 7.11. The summed E-state index contributed by atoms with van der Waals surface area (Å²) in [6.07, 6.45) is 3.65. The highest BCUT2D eigenvalue weighted by molar-refractivity contribution is 5.67. The Labute approximate surface area is 95.0 Å². The highest BCUT2D eigenvalue weighted by Gasteiger charge is 2.40. The molecule has 0 unspecified atom stereocenters. The van der Waals surface area contributed by atoms with Crippen molar-refractivity contribution in [1.29, 1.82) is 0 Å². The Kier molecular flexibility index (Phi) is 2.86. The lowest BCUT2D eigenvalue weighted by Crippen LogP contribution is -2.28. The minimum atomic E-state index is -0.600. The van der Waals surface area contributed by atoms with Crippen molar-refractivity contribution in [1.82, 2.24) is 0 Å². The number of carbonyl (C=O) groups is 1. The van der Waals surface area contributed by atoms with Crippen LogP contribution in [0, 0.1) is 0 Å². The quantitative estimate of drug-likeness (QED) is 0.779. The van der Waals surface area contributed by atoms with E-state index in [1.165, 1.54) is 6.92 Å². The van der Waals surface area contributed by atoms with Gasteiger partial charge in [0.05, 0.1) is 0 Å². The van der Waals surface area contributed by atoms with Gasteiger partial charge in [0.15, 0.2) is 0 Å². The molecule has 0 bridgehead atoms. The van der Waals surface area contributed by atoms with Crippen molar-refractivity contribution >= 4 is 5.97 Å². The Morgan fingerprint density at radius 3 is 2.50 bits per heavy atom. The van der Waals surface area contributed by atoms with E-state index in [0.29, 0.717) is 0 Å². The van der Waals surface area contributed by atoms with Gasteiger partial charge in [-0.1, -0.05) is 18.2 Å². The summed E-state index contributed by atoms with van der Waals surface area (Å²) >= 11 is 0. The van der Waals surface area contributed by atoms with Crippen molar-refractivity contribution < 1.29 is 14.6 Å². The monoisotopic (exact) mass is 220 g/mol. The Hall–Kier alpha value is -1.51. The average Bonchev–Trinajstić information content (AvgIpc) is 2.67. The van der Waals surface area contributed by atoms with Gasteiger partial charge in [0.2, 0.25) is 0 Å². The van der Waals surface area contributed by atoms with E-state index in [4.69, 9.17) is 4.74 Å². The lowest BCUT2D eigenvalue weighted by atomic mass is 9.91. The highest BCUT2D eigenvalue weighted by Crippen LogP contribution is 2.45. The van der Waals surface area contributed by atoms with Gasteiger partial charge in [-0.05, 0) is 31.7 Å². The van der Waals surface area contributed by atoms with Gasteiger partial charge < -0.3 is 9.84 Å². The van der Waals surface area contributed by atoms with Gasteiger partial charge in [-0.2, -0.15) is 0 Å². The molecule has 1 N–H and O–H groups in total. The molecule has 1 aliphatic rings. The third-order valence-electron chi connectivity index (χ3n) is 3.15. The van der Waals surface area contributed by atoms with Gasteiger partial charge in [-0.25, -0.2) is 0 Å². The zero-order valence-corrected chi connectivity index (χ0v) is 9.40. The van der Waals surface area contributed by atoms with Crippen LogP contribution >= 0.6 is 0 Å². The summed E-state index contributed by atoms with van der Waals surface area (Å²) < 4.78 is 5.47. The number of benzene rings is 1. The van der Waals surface area contributed by atoms with Gasteiger partial charge >= 0.3 is 5.97 Å². The first-order valence-electron chi connectivity index (χ1n) is 5.62. The molecule has 86 valence electrons. The van der Waals surface area contributed by atoms with E-state index < -0.39 is 5.60 Å². The molecule has 3 heteroatoms. The van der Waals surface area contributed by atoms with Crippen molar-refractivity contribution in [2.75, 3.05) is 0 Å². The normalized spacial score (nSPS) is 18.3. The van der Waals surface area contributed by atoms with Gasteiger partial charge in [-0.15, -0.1) is 0 Å². The minimum absolute atomic E-state index is 0.214. The smallest absolute Gasteiger partial charge is 0.303 e. The largest absolute Gasteiger partial charge is 0.508 e. The molecule has 3 nitrogen and oxygen atoms in total. The number of carbonyl (C=O) groups excluding carboxylic acids is 1. The number of ether oxygens (including phenoxy) is 1. The number of esters is 1. The molecule has 0 aliphatic heterocycles. The Bertz CT molecular complexity index is 392. The highest BCUT2D eigenvalue weighted by atomic mass is 16.6. The van der Waals surface area contributed by atoms with Crippen molar-refractivity contribution in [3.05, 3.63) is 29.8 Å². The van der Waals surface area contributed by atoms with Crippen LogP contribution in [0.25, 0.3) is 0 Å². The molecule has 1 fully saturated rings. The first kappa shape index (κ1) is 11.0. The van der Waals surface area contributed by atoms with Crippen LogP contribution in [0.5, 0.6) is 5.75 Å². The molecular weight excluding hydrogens is 204 g/mol. The van der Waals surface area contributed by atoms with E-state index >= 15 is 0 Å². The topological polar surface area (TPSA) is 46.5 Å². The SMILES string of the molecule is CC(=O)OC1(c2ccccc2O)CCCC1. The maximum atomic E-state index is 11.2. The second-order valence-corrected chi connectivity index (χ2v) is 4.31. The van der Waals surface area contributed by atoms with Crippen LogP contribution in [-0.4, -0.2) is 11.1 Å². The first-order chi connectivity index (χ1) is 7.64. The lowest BCUT2D eigenvalue weighted by molar-refractivity contribution is -0.157. The first-order valence-corrected chi connectivity index (χ1v) is 5.62. The van der Waals surface area contributed by atoms with E-state index in [-0.39, 0.29) is 11.7 Å². The molecule has 0 heterocycles. The Morgan fingerprint density at radius 2 is 1.94 bits per heavy atom. The molecule has 0 spiro atoms. The number of rotatable bonds is 2. The van der Waals surface area contributed by atoms with E-state index in [0.717, 1.165) is 31.2 Å². The molecule has 1 aromatic carbocycles. The van der Waals surface area contributed by atoms with Crippen LogP contribution in [0.3, 0.4) is 0 Å². The van der Waals surface area contributed by atoms with E-state index in [2.05, 4.69) is 0 Å². The number of phenols is 1. The van der Waals surface area contributed by atoms with Crippen LogP contribution in [0.15, 0.2) is 24.3 Å². The molecule has 1 saturated carbocycles. The molecule has 2 rings (SSSR count). The fraction of sp³-hybridized carbons (Fsp3) is 0.462. The summed E-state index contributed by atoms with van der Waals surface area (Å²) in [5.74, 6) is -0.0733. The predicted molar refractivity (Wildman–Crippen MR) is 60.0 cm³/mol. The van der Waals surface area contributed by atoms with Crippen molar-refractivity contribution in [2.45, 2.75) is 38.2 Å². The zero-order chi connectivity index (χ0) is 11.6. The molecule has 16 heavy (non-hydrogen) atoms. The van der Waals surface area contributed by atoms with Crippen molar-refractivity contribution in [2.24, 2.45) is 0 Å². The Balaban J connectivity index is 2.39. The summed E-state index contributed by atoms with van der Waals surface area (Å²) in [6.45, 7) is 1.42. The number of para-hydroxylation sites is 1. The molecular formula is C13H16O3. The van der Waals surface area contributed by atoms with E-state index in [1.54, 1.807) is 12.1 Å². The standard InChI is InChI=1S/C13H16O3/c1-10(14)16-13(8-4-5-9-13)11-6-2-3-7-12(11)15/h2-3,6-7,15H,4-5,8-9H2,1H3. The van der Waals surface area contributed by atoms with E-state index in [9.17, 15) is 9.90 Å².